The molecule has 7 nitrogen and oxygen atoms in total. The fourth-order valence-corrected chi connectivity index (χ4v) is 4.70. The highest BCUT2D eigenvalue weighted by atomic mass is 35.5. The Morgan fingerprint density at radius 2 is 1.93 bits per heavy atom. The first-order chi connectivity index (χ1) is 13.1. The Labute approximate surface area is 173 Å². The van der Waals surface area contributed by atoms with E-state index in [-0.39, 0.29) is 36.2 Å². The maximum Gasteiger partial charge on any atom is 0.261 e. The molecule has 148 valence electrons. The number of nitrogens with zero attached hydrogens (tertiary/aromatic N) is 3. The first-order valence-electron chi connectivity index (χ1n) is 9.00. The normalized spacial score (nSPS) is 22.0. The van der Waals surface area contributed by atoms with Gasteiger partial charge in [-0.1, -0.05) is 18.6 Å². The summed E-state index contributed by atoms with van der Waals surface area (Å²) >= 11 is 1.48. The molecule has 1 aliphatic heterocycles. The van der Waals surface area contributed by atoms with Gasteiger partial charge < -0.3 is 11.1 Å². The maximum atomic E-state index is 12.8. The molecule has 0 radical (unpaired) electrons. The number of carbonyl (C=O) groups excluding carboxylic acids is 2. The number of fused-ring (bicyclic) bond motifs is 1. The van der Waals surface area contributed by atoms with Gasteiger partial charge in [0, 0.05) is 24.4 Å². The Hall–Kier alpha value is -2.45. The molecule has 2 unspecified atom stereocenters. The lowest BCUT2D eigenvalue weighted by molar-refractivity contribution is 0.0539. The summed E-state index contributed by atoms with van der Waals surface area (Å²) in [5.74, 6) is 0.200. The van der Waals surface area contributed by atoms with Gasteiger partial charge >= 0.3 is 0 Å². The number of nitrogens with one attached hydrogen (secondary N) is 1. The molecule has 1 aromatic carbocycles. The highest BCUT2D eigenvalue weighted by Crippen LogP contribution is 2.38. The molecule has 2 aromatic rings. The molecule has 2 atom stereocenters. The predicted octanol–water partition coefficient (Wildman–Crippen LogP) is 3.24. The number of halogens is 1. The molecule has 1 fully saturated rings. The summed E-state index contributed by atoms with van der Waals surface area (Å²) < 4.78 is 0. The van der Waals surface area contributed by atoms with Crippen LogP contribution in [-0.2, 0) is 0 Å². The molecule has 2 amide bonds. The van der Waals surface area contributed by atoms with Gasteiger partial charge in [-0.25, -0.2) is 4.98 Å². The van der Waals surface area contributed by atoms with Crippen molar-refractivity contribution in [2.45, 2.75) is 37.6 Å². The minimum atomic E-state index is -0.172. The summed E-state index contributed by atoms with van der Waals surface area (Å²) in [5.41, 5.74) is 7.70. The first-order valence-corrected chi connectivity index (χ1v) is 9.88. The molecular weight excluding hydrogens is 398 g/mol. The lowest BCUT2D eigenvalue weighted by Gasteiger charge is -2.33. The Kier molecular flexibility index (Phi) is 6.00. The number of guanidine groups is 1. The van der Waals surface area contributed by atoms with Crippen LogP contribution in [0.4, 0.5) is 5.13 Å². The highest BCUT2D eigenvalue weighted by Gasteiger charge is 2.41. The average Bonchev–Trinajstić information content (AvgIpc) is 3.25. The Balaban J connectivity index is 0.00000225. The van der Waals surface area contributed by atoms with Crippen LogP contribution in [0, 0.1) is 0 Å². The SMILES string of the molecule is CN=C(N)Nc1nc(C2CCCC(N3C(=O)c4ccccc4C3=O)C2)cs1.Cl. The molecule has 4 rings (SSSR count). The van der Waals surface area contributed by atoms with E-state index in [1.807, 2.05) is 5.38 Å². The van der Waals surface area contributed by atoms with Gasteiger partial charge in [0.25, 0.3) is 11.8 Å². The number of imide groups is 1. The van der Waals surface area contributed by atoms with E-state index < -0.39 is 0 Å². The number of hydrogen-bond acceptors (Lipinski definition) is 5. The number of rotatable bonds is 3. The fourth-order valence-electron chi connectivity index (χ4n) is 3.90. The van der Waals surface area contributed by atoms with Crippen LogP contribution in [-0.4, -0.2) is 40.7 Å². The molecule has 2 aliphatic rings. The molecular formula is C19H22ClN5O2S. The van der Waals surface area contributed by atoms with Crippen LogP contribution >= 0.6 is 23.7 Å². The van der Waals surface area contributed by atoms with Gasteiger partial charge in [-0.05, 0) is 31.4 Å². The third-order valence-electron chi connectivity index (χ3n) is 5.25. The van der Waals surface area contributed by atoms with Crippen molar-refractivity contribution in [3.05, 3.63) is 46.5 Å². The number of benzene rings is 1. The van der Waals surface area contributed by atoms with E-state index in [9.17, 15) is 9.59 Å². The average molecular weight is 420 g/mol. The number of carbonyl (C=O) groups is 2. The number of hydrogen-bond donors (Lipinski definition) is 2. The second-order valence-electron chi connectivity index (χ2n) is 6.85. The first kappa shape index (κ1) is 20.3. The molecule has 2 heterocycles. The monoisotopic (exact) mass is 419 g/mol. The number of amides is 2. The minimum Gasteiger partial charge on any atom is -0.370 e. The Morgan fingerprint density at radius 1 is 1.25 bits per heavy atom. The fraction of sp³-hybridized carbons (Fsp3) is 0.368. The Morgan fingerprint density at radius 3 is 2.57 bits per heavy atom. The maximum absolute atomic E-state index is 12.8. The van der Waals surface area contributed by atoms with Crippen LogP contribution < -0.4 is 11.1 Å². The third-order valence-corrected chi connectivity index (χ3v) is 6.03. The van der Waals surface area contributed by atoms with Crippen LogP contribution in [0.15, 0.2) is 34.6 Å². The van der Waals surface area contributed by atoms with Crippen LogP contribution in [0.5, 0.6) is 0 Å². The van der Waals surface area contributed by atoms with Crippen molar-refractivity contribution in [1.82, 2.24) is 9.88 Å². The summed E-state index contributed by atoms with van der Waals surface area (Å²) in [6, 6.07) is 6.97. The van der Waals surface area contributed by atoms with Gasteiger partial charge in [0.1, 0.15) is 0 Å². The summed E-state index contributed by atoms with van der Waals surface area (Å²) in [6.07, 6.45) is 3.54. The van der Waals surface area contributed by atoms with Crippen LogP contribution in [0.25, 0.3) is 0 Å². The van der Waals surface area contributed by atoms with E-state index in [2.05, 4.69) is 15.3 Å². The highest BCUT2D eigenvalue weighted by molar-refractivity contribution is 7.13. The Bertz CT molecular complexity index is 894. The van der Waals surface area contributed by atoms with E-state index in [0.717, 1.165) is 31.4 Å². The molecule has 3 N–H and O–H groups in total. The second kappa shape index (κ2) is 8.28. The number of nitrogens with two attached hydrogens (primary N) is 1. The zero-order valence-electron chi connectivity index (χ0n) is 15.4. The van der Waals surface area contributed by atoms with Crippen molar-refractivity contribution < 1.29 is 9.59 Å². The number of aliphatic imine (C=N–C) groups is 1. The smallest absolute Gasteiger partial charge is 0.261 e. The van der Waals surface area contributed by atoms with Gasteiger partial charge in [-0.15, -0.1) is 23.7 Å². The predicted molar refractivity (Wildman–Crippen MR) is 112 cm³/mol. The van der Waals surface area contributed by atoms with Crippen LogP contribution in [0.1, 0.15) is 58.0 Å². The van der Waals surface area contributed by atoms with Crippen molar-refractivity contribution >= 4 is 46.6 Å². The molecule has 0 bridgehead atoms. The van der Waals surface area contributed by atoms with Gasteiger partial charge in [-0.3, -0.25) is 19.5 Å². The van der Waals surface area contributed by atoms with Gasteiger partial charge in [0.2, 0.25) is 0 Å². The molecule has 1 aliphatic carbocycles. The van der Waals surface area contributed by atoms with Crippen molar-refractivity contribution in [2.24, 2.45) is 10.7 Å². The van der Waals surface area contributed by atoms with Crippen molar-refractivity contribution in [2.75, 3.05) is 12.4 Å². The quantitative estimate of drug-likeness (QED) is 0.451. The summed E-state index contributed by atoms with van der Waals surface area (Å²) in [6.45, 7) is 0. The molecule has 0 saturated heterocycles. The summed E-state index contributed by atoms with van der Waals surface area (Å²) in [7, 11) is 1.62. The van der Waals surface area contributed by atoms with Crippen molar-refractivity contribution in [3.63, 3.8) is 0 Å². The number of thiazole rings is 1. The third kappa shape index (κ3) is 3.62. The molecule has 1 saturated carbocycles. The van der Waals surface area contributed by atoms with Crippen LogP contribution in [0.2, 0.25) is 0 Å². The van der Waals surface area contributed by atoms with E-state index in [1.54, 1.807) is 31.3 Å². The van der Waals surface area contributed by atoms with Gasteiger partial charge in [-0.2, -0.15) is 0 Å². The van der Waals surface area contributed by atoms with Gasteiger partial charge in [0.05, 0.1) is 16.8 Å². The second-order valence-corrected chi connectivity index (χ2v) is 7.71. The minimum absolute atomic E-state index is 0. The molecule has 28 heavy (non-hydrogen) atoms. The number of anilines is 1. The topological polar surface area (TPSA) is 101 Å². The lowest BCUT2D eigenvalue weighted by Crippen LogP contribution is -2.42. The zero-order chi connectivity index (χ0) is 19.0. The van der Waals surface area contributed by atoms with Crippen molar-refractivity contribution in [3.8, 4) is 0 Å². The van der Waals surface area contributed by atoms with Gasteiger partial charge in [0.15, 0.2) is 11.1 Å². The van der Waals surface area contributed by atoms with E-state index in [0.29, 0.717) is 22.2 Å². The summed E-state index contributed by atoms with van der Waals surface area (Å²) in [5, 5.41) is 5.68. The zero-order valence-corrected chi connectivity index (χ0v) is 17.1. The largest absolute Gasteiger partial charge is 0.370 e. The van der Waals surface area contributed by atoms with Crippen molar-refractivity contribution in [1.29, 1.82) is 0 Å². The van der Waals surface area contributed by atoms with Crippen LogP contribution in [0.3, 0.4) is 0 Å². The standard InChI is InChI=1S/C19H21N5O2S.ClH/c1-21-18(20)23-19-22-15(10-27-19)11-5-4-6-12(9-11)24-16(25)13-7-2-3-8-14(13)17(24)26;/h2-3,7-8,10-12H,4-6,9H2,1H3,(H3,20,21,22,23);1H. The molecule has 0 spiro atoms. The van der Waals surface area contributed by atoms with E-state index in [1.165, 1.54) is 16.2 Å². The number of aromatic nitrogens is 1. The van der Waals surface area contributed by atoms with E-state index >= 15 is 0 Å². The lowest BCUT2D eigenvalue weighted by atomic mass is 9.83. The van der Waals surface area contributed by atoms with E-state index in [4.69, 9.17) is 5.73 Å². The molecule has 1 aromatic heterocycles. The molecule has 9 heteroatoms. The summed E-state index contributed by atoms with van der Waals surface area (Å²) in [4.78, 5) is 35.5.